The van der Waals surface area contributed by atoms with Gasteiger partial charge in [0.2, 0.25) is 5.91 Å². The third kappa shape index (κ3) is 2.83. The van der Waals surface area contributed by atoms with Crippen LogP contribution in [0.2, 0.25) is 5.02 Å². The van der Waals surface area contributed by atoms with E-state index in [1.807, 2.05) is 42.0 Å². The molecule has 108 valence electrons. The SMILES string of the molecule is CCC(CC)NC(=O)C(C)n1ccc2c(Cl)cccc21. The van der Waals surface area contributed by atoms with Gasteiger partial charge in [0.25, 0.3) is 0 Å². The number of hydrogen-bond donors (Lipinski definition) is 1. The van der Waals surface area contributed by atoms with Crippen molar-refractivity contribution in [2.75, 3.05) is 0 Å². The van der Waals surface area contributed by atoms with E-state index in [0.29, 0.717) is 5.02 Å². The fraction of sp³-hybridized carbons (Fsp3) is 0.438. The third-order valence-corrected chi connectivity index (χ3v) is 4.17. The van der Waals surface area contributed by atoms with Gasteiger partial charge in [0.15, 0.2) is 0 Å². The van der Waals surface area contributed by atoms with E-state index in [2.05, 4.69) is 19.2 Å². The van der Waals surface area contributed by atoms with Gasteiger partial charge in [-0.2, -0.15) is 0 Å². The molecule has 1 aromatic carbocycles. The van der Waals surface area contributed by atoms with Gasteiger partial charge in [0.1, 0.15) is 6.04 Å². The van der Waals surface area contributed by atoms with E-state index < -0.39 is 0 Å². The Hall–Kier alpha value is -1.48. The van der Waals surface area contributed by atoms with Crippen molar-refractivity contribution >= 4 is 28.4 Å². The summed E-state index contributed by atoms with van der Waals surface area (Å²) in [5.74, 6) is 0.0520. The molecule has 0 fully saturated rings. The van der Waals surface area contributed by atoms with Crippen molar-refractivity contribution in [1.29, 1.82) is 0 Å². The summed E-state index contributed by atoms with van der Waals surface area (Å²) in [5.41, 5.74) is 0.990. The number of hydrogen-bond acceptors (Lipinski definition) is 1. The van der Waals surface area contributed by atoms with Crippen LogP contribution in [0.1, 0.15) is 39.7 Å². The van der Waals surface area contributed by atoms with Crippen LogP contribution >= 0.6 is 11.6 Å². The molecule has 0 bridgehead atoms. The molecule has 0 saturated heterocycles. The largest absolute Gasteiger partial charge is 0.352 e. The predicted octanol–water partition coefficient (Wildman–Crippen LogP) is 4.16. The van der Waals surface area contributed by atoms with E-state index >= 15 is 0 Å². The van der Waals surface area contributed by atoms with Gasteiger partial charge in [0.05, 0.1) is 5.52 Å². The quantitative estimate of drug-likeness (QED) is 0.882. The molecular formula is C16H21ClN2O. The lowest BCUT2D eigenvalue weighted by molar-refractivity contribution is -0.124. The molecule has 0 aliphatic rings. The average molecular weight is 293 g/mol. The Morgan fingerprint density at radius 3 is 2.65 bits per heavy atom. The summed E-state index contributed by atoms with van der Waals surface area (Å²) in [4.78, 5) is 12.3. The van der Waals surface area contributed by atoms with Gasteiger partial charge < -0.3 is 9.88 Å². The highest BCUT2D eigenvalue weighted by Gasteiger charge is 2.19. The van der Waals surface area contributed by atoms with Crippen LogP contribution in [0.25, 0.3) is 10.9 Å². The summed E-state index contributed by atoms with van der Waals surface area (Å²) < 4.78 is 1.97. The molecule has 1 heterocycles. The van der Waals surface area contributed by atoms with Crippen LogP contribution in [0.5, 0.6) is 0 Å². The normalized spacial score (nSPS) is 12.8. The smallest absolute Gasteiger partial charge is 0.242 e. The van der Waals surface area contributed by atoms with Gasteiger partial charge in [-0.1, -0.05) is 31.5 Å². The Balaban J connectivity index is 2.25. The van der Waals surface area contributed by atoms with Crippen LogP contribution in [-0.2, 0) is 4.79 Å². The maximum absolute atomic E-state index is 12.3. The number of nitrogens with zero attached hydrogens (tertiary/aromatic N) is 1. The molecule has 2 aromatic rings. The van der Waals surface area contributed by atoms with Crippen LogP contribution in [0, 0.1) is 0 Å². The summed E-state index contributed by atoms with van der Waals surface area (Å²) in [6.07, 6.45) is 3.83. The van der Waals surface area contributed by atoms with Gasteiger partial charge >= 0.3 is 0 Å². The second kappa shape index (κ2) is 6.31. The molecule has 1 unspecified atom stereocenters. The Morgan fingerprint density at radius 2 is 2.00 bits per heavy atom. The van der Waals surface area contributed by atoms with Crippen molar-refractivity contribution in [1.82, 2.24) is 9.88 Å². The number of nitrogens with one attached hydrogen (secondary N) is 1. The highest BCUT2D eigenvalue weighted by Crippen LogP contribution is 2.26. The highest BCUT2D eigenvalue weighted by molar-refractivity contribution is 6.35. The van der Waals surface area contributed by atoms with Crippen LogP contribution in [0.3, 0.4) is 0 Å². The molecule has 4 heteroatoms. The molecule has 0 saturated carbocycles. The maximum atomic E-state index is 12.3. The first-order chi connectivity index (χ1) is 9.58. The lowest BCUT2D eigenvalue weighted by Crippen LogP contribution is -2.38. The zero-order chi connectivity index (χ0) is 14.7. The topological polar surface area (TPSA) is 34.0 Å². The number of amides is 1. The molecule has 0 aliphatic heterocycles. The Kier molecular flexibility index (Phi) is 4.71. The molecule has 3 nitrogen and oxygen atoms in total. The van der Waals surface area contributed by atoms with E-state index in [-0.39, 0.29) is 18.0 Å². The van der Waals surface area contributed by atoms with E-state index in [9.17, 15) is 4.79 Å². The monoisotopic (exact) mass is 292 g/mol. The van der Waals surface area contributed by atoms with E-state index in [1.54, 1.807) is 0 Å². The minimum absolute atomic E-state index is 0.0520. The number of rotatable bonds is 5. The van der Waals surface area contributed by atoms with Gasteiger partial charge in [-0.25, -0.2) is 0 Å². The number of aromatic nitrogens is 1. The molecule has 1 atom stereocenters. The molecule has 0 spiro atoms. The van der Waals surface area contributed by atoms with E-state index in [0.717, 1.165) is 23.7 Å². The average Bonchev–Trinajstić information content (AvgIpc) is 2.89. The summed E-state index contributed by atoms with van der Waals surface area (Å²) in [5, 5.41) is 4.79. The number of carbonyl (C=O) groups is 1. The second-order valence-electron chi connectivity index (χ2n) is 5.09. The number of benzene rings is 1. The zero-order valence-corrected chi connectivity index (χ0v) is 12.9. The van der Waals surface area contributed by atoms with Gasteiger partial charge in [-0.15, -0.1) is 0 Å². The van der Waals surface area contributed by atoms with Crippen molar-refractivity contribution in [3.8, 4) is 0 Å². The first-order valence-electron chi connectivity index (χ1n) is 7.13. The lowest BCUT2D eigenvalue weighted by Gasteiger charge is -2.20. The minimum atomic E-state index is -0.244. The number of halogens is 1. The van der Waals surface area contributed by atoms with Gasteiger partial charge in [-0.3, -0.25) is 4.79 Å². The van der Waals surface area contributed by atoms with Gasteiger partial charge in [-0.05, 0) is 38.0 Å². The molecule has 2 rings (SSSR count). The zero-order valence-electron chi connectivity index (χ0n) is 12.2. The van der Waals surface area contributed by atoms with Crippen LogP contribution < -0.4 is 5.32 Å². The Morgan fingerprint density at radius 1 is 1.30 bits per heavy atom. The summed E-state index contributed by atoms with van der Waals surface area (Å²) >= 11 is 6.17. The molecule has 0 aliphatic carbocycles. The van der Waals surface area contributed by atoms with Crippen molar-refractivity contribution in [3.05, 3.63) is 35.5 Å². The van der Waals surface area contributed by atoms with Crippen LogP contribution in [0.15, 0.2) is 30.5 Å². The van der Waals surface area contributed by atoms with Gasteiger partial charge in [0, 0.05) is 22.6 Å². The van der Waals surface area contributed by atoms with Crippen molar-refractivity contribution in [3.63, 3.8) is 0 Å². The van der Waals surface area contributed by atoms with Crippen molar-refractivity contribution in [2.45, 2.75) is 45.7 Å². The summed E-state index contributed by atoms with van der Waals surface area (Å²) in [6.45, 7) is 6.09. The molecular weight excluding hydrogens is 272 g/mol. The molecule has 1 N–H and O–H groups in total. The van der Waals surface area contributed by atoms with E-state index in [4.69, 9.17) is 11.6 Å². The predicted molar refractivity (Wildman–Crippen MR) is 84.2 cm³/mol. The Bertz CT molecular complexity index is 602. The first kappa shape index (κ1) is 14.9. The first-order valence-corrected chi connectivity index (χ1v) is 7.51. The van der Waals surface area contributed by atoms with Crippen LogP contribution in [-0.4, -0.2) is 16.5 Å². The standard InChI is InChI=1S/C16H21ClN2O/c1-4-12(5-2)18-16(20)11(3)19-10-9-13-14(17)7-6-8-15(13)19/h6-12H,4-5H2,1-3H3,(H,18,20). The van der Waals surface area contributed by atoms with Crippen molar-refractivity contribution < 1.29 is 4.79 Å². The molecule has 1 aromatic heterocycles. The molecule has 1 amide bonds. The summed E-state index contributed by atoms with van der Waals surface area (Å²) in [6, 6.07) is 7.72. The number of fused-ring (bicyclic) bond motifs is 1. The second-order valence-corrected chi connectivity index (χ2v) is 5.50. The fourth-order valence-electron chi connectivity index (χ4n) is 2.43. The maximum Gasteiger partial charge on any atom is 0.242 e. The Labute approximate surface area is 124 Å². The molecule has 20 heavy (non-hydrogen) atoms. The summed E-state index contributed by atoms with van der Waals surface area (Å²) in [7, 11) is 0. The minimum Gasteiger partial charge on any atom is -0.352 e. The third-order valence-electron chi connectivity index (χ3n) is 3.84. The van der Waals surface area contributed by atoms with Crippen LogP contribution in [0.4, 0.5) is 0 Å². The highest BCUT2D eigenvalue weighted by atomic mass is 35.5. The lowest BCUT2D eigenvalue weighted by atomic mass is 10.1. The molecule has 0 radical (unpaired) electrons. The van der Waals surface area contributed by atoms with Crippen molar-refractivity contribution in [2.24, 2.45) is 0 Å². The van der Waals surface area contributed by atoms with E-state index in [1.165, 1.54) is 0 Å². The fourth-order valence-corrected chi connectivity index (χ4v) is 2.66. The number of carbonyl (C=O) groups excluding carboxylic acids is 1.